The molecule has 4 aromatic rings. The van der Waals surface area contributed by atoms with E-state index >= 15 is 0 Å². The molecule has 0 spiro atoms. The normalized spacial score (nSPS) is 13.0. The first-order chi connectivity index (χ1) is 28.9. The standard InChI is InChI=1S/C47H55N5O9/c1-46(2,3)60-32-22-20-31(21-23-32)25-39(52-45(58)59-29-37-35-18-12-10-16-33(35)34-17-11-13-19-36(34)37)44(57)50-27-41(54)51-38(24-30-14-8-7-9-15-30)43(56)49-26-40(53)48-28-42(55)61-47(4,5)6/h7-23,37-39H,24-29H2,1-6H3,(H,48,53)(H,49,56)(H,50,57)(H,51,54)(H,52,58)/t38-,39-/m0/s1. The maximum atomic E-state index is 13.8. The first kappa shape index (κ1) is 45.4. The van der Waals surface area contributed by atoms with Crippen LogP contribution in [-0.2, 0) is 46.3 Å². The molecule has 1 aliphatic carbocycles. The van der Waals surface area contributed by atoms with Crippen LogP contribution in [0.2, 0.25) is 0 Å². The molecule has 0 fully saturated rings. The van der Waals surface area contributed by atoms with E-state index in [1.807, 2.05) is 75.4 Å². The highest BCUT2D eigenvalue weighted by molar-refractivity contribution is 5.93. The van der Waals surface area contributed by atoms with Gasteiger partial charge in [-0.05, 0) is 87.1 Å². The fraction of sp³-hybridized carbons (Fsp3) is 0.362. The first-order valence-corrected chi connectivity index (χ1v) is 20.2. The van der Waals surface area contributed by atoms with Crippen LogP contribution < -0.4 is 31.3 Å². The molecule has 5 N–H and O–H groups in total. The maximum absolute atomic E-state index is 13.8. The van der Waals surface area contributed by atoms with E-state index in [0.29, 0.717) is 11.3 Å². The molecule has 1 aliphatic rings. The van der Waals surface area contributed by atoms with Crippen molar-refractivity contribution in [2.75, 3.05) is 26.2 Å². The Labute approximate surface area is 356 Å². The summed E-state index contributed by atoms with van der Waals surface area (Å²) in [5, 5.41) is 12.8. The molecule has 0 bridgehead atoms. The molecule has 14 nitrogen and oxygen atoms in total. The van der Waals surface area contributed by atoms with Crippen LogP contribution >= 0.6 is 0 Å². The molecular weight excluding hydrogens is 779 g/mol. The monoisotopic (exact) mass is 833 g/mol. The number of amides is 5. The van der Waals surface area contributed by atoms with Crippen molar-refractivity contribution in [3.63, 3.8) is 0 Å². The highest BCUT2D eigenvalue weighted by Gasteiger charge is 2.30. The highest BCUT2D eigenvalue weighted by atomic mass is 16.6. The van der Waals surface area contributed by atoms with E-state index in [0.717, 1.165) is 27.8 Å². The van der Waals surface area contributed by atoms with Crippen molar-refractivity contribution >= 4 is 35.7 Å². The number of hydrogen-bond acceptors (Lipinski definition) is 9. The lowest BCUT2D eigenvalue weighted by atomic mass is 9.98. The summed E-state index contributed by atoms with van der Waals surface area (Å²) < 4.78 is 16.9. The van der Waals surface area contributed by atoms with Crippen molar-refractivity contribution in [2.45, 2.75) is 83.6 Å². The average molecular weight is 834 g/mol. The summed E-state index contributed by atoms with van der Waals surface area (Å²) >= 11 is 0. The van der Waals surface area contributed by atoms with E-state index < -0.39 is 72.1 Å². The van der Waals surface area contributed by atoms with Gasteiger partial charge in [-0.2, -0.15) is 0 Å². The Balaban J connectivity index is 1.22. The Morgan fingerprint density at radius 2 is 1.07 bits per heavy atom. The number of benzene rings is 4. The molecule has 0 heterocycles. The summed E-state index contributed by atoms with van der Waals surface area (Å²) in [7, 11) is 0. The fourth-order valence-corrected chi connectivity index (χ4v) is 6.77. The van der Waals surface area contributed by atoms with Crippen molar-refractivity contribution in [3.8, 4) is 16.9 Å². The number of rotatable bonds is 17. The summed E-state index contributed by atoms with van der Waals surface area (Å²) in [5.74, 6) is -2.85. The molecule has 0 radical (unpaired) electrons. The van der Waals surface area contributed by atoms with E-state index in [2.05, 4.69) is 26.6 Å². The molecular formula is C47H55N5O9. The van der Waals surface area contributed by atoms with Gasteiger partial charge in [0.1, 0.15) is 42.2 Å². The summed E-state index contributed by atoms with van der Waals surface area (Å²) in [4.78, 5) is 78.2. The van der Waals surface area contributed by atoms with Gasteiger partial charge in [0, 0.05) is 18.8 Å². The number of hydrogen-bond donors (Lipinski definition) is 5. The molecule has 5 rings (SSSR count). The Hall–Kier alpha value is -6.70. The Bertz CT molecular complexity index is 2130. The van der Waals surface area contributed by atoms with Crippen molar-refractivity contribution in [2.24, 2.45) is 0 Å². The zero-order valence-electron chi connectivity index (χ0n) is 35.5. The lowest BCUT2D eigenvalue weighted by Gasteiger charge is -2.22. The van der Waals surface area contributed by atoms with E-state index in [9.17, 15) is 28.8 Å². The Morgan fingerprint density at radius 1 is 0.557 bits per heavy atom. The number of fused-ring (bicyclic) bond motifs is 3. The van der Waals surface area contributed by atoms with Crippen LogP contribution in [0.1, 0.15) is 69.7 Å². The van der Waals surface area contributed by atoms with Crippen molar-refractivity contribution in [1.82, 2.24) is 26.6 Å². The number of ether oxygens (including phenoxy) is 3. The maximum Gasteiger partial charge on any atom is 0.407 e. The number of carbonyl (C=O) groups is 6. The third kappa shape index (κ3) is 14.2. The number of nitrogens with one attached hydrogen (secondary N) is 5. The molecule has 0 aromatic heterocycles. The highest BCUT2D eigenvalue weighted by Crippen LogP contribution is 2.44. The molecule has 61 heavy (non-hydrogen) atoms. The minimum atomic E-state index is -1.15. The van der Waals surface area contributed by atoms with Crippen molar-refractivity contribution in [1.29, 1.82) is 0 Å². The molecule has 14 heteroatoms. The van der Waals surface area contributed by atoms with Gasteiger partial charge in [-0.3, -0.25) is 24.0 Å². The topological polar surface area (TPSA) is 190 Å². The Morgan fingerprint density at radius 3 is 1.62 bits per heavy atom. The summed E-state index contributed by atoms with van der Waals surface area (Å²) in [5.41, 5.74) is 4.51. The summed E-state index contributed by atoms with van der Waals surface area (Å²) in [6.07, 6.45) is -0.677. The lowest BCUT2D eigenvalue weighted by Crippen LogP contribution is -2.54. The quantitative estimate of drug-likeness (QED) is 0.0937. The van der Waals surface area contributed by atoms with Crippen LogP contribution in [0.15, 0.2) is 103 Å². The zero-order chi connectivity index (χ0) is 44.2. The van der Waals surface area contributed by atoms with Crippen LogP contribution in [0.3, 0.4) is 0 Å². The number of carbonyl (C=O) groups excluding carboxylic acids is 6. The second kappa shape index (κ2) is 20.5. The van der Waals surface area contributed by atoms with Gasteiger partial charge in [0.05, 0.1) is 13.1 Å². The number of esters is 1. The smallest absolute Gasteiger partial charge is 0.407 e. The van der Waals surface area contributed by atoms with Gasteiger partial charge in [0.25, 0.3) is 0 Å². The number of alkyl carbamates (subject to hydrolysis) is 1. The predicted octanol–water partition coefficient (Wildman–Crippen LogP) is 4.73. The van der Waals surface area contributed by atoms with Gasteiger partial charge in [0.2, 0.25) is 23.6 Å². The zero-order valence-corrected chi connectivity index (χ0v) is 35.5. The third-order valence-electron chi connectivity index (χ3n) is 9.37. The third-order valence-corrected chi connectivity index (χ3v) is 9.37. The molecule has 0 unspecified atom stereocenters. The second-order valence-corrected chi connectivity index (χ2v) is 16.7. The largest absolute Gasteiger partial charge is 0.488 e. The lowest BCUT2D eigenvalue weighted by molar-refractivity contribution is -0.154. The molecule has 0 aliphatic heterocycles. The molecule has 322 valence electrons. The second-order valence-electron chi connectivity index (χ2n) is 16.7. The SMILES string of the molecule is CC(C)(C)OC(=O)CNC(=O)CNC(=O)[C@H](Cc1ccccc1)NC(=O)CNC(=O)[C@H](Cc1ccc(OC(C)(C)C)cc1)NC(=O)OCC1c2ccccc2-c2ccccc21. The van der Waals surface area contributed by atoms with Gasteiger partial charge in [-0.1, -0.05) is 91.0 Å². The molecule has 0 saturated carbocycles. The predicted molar refractivity (Wildman–Crippen MR) is 229 cm³/mol. The van der Waals surface area contributed by atoms with Crippen LogP contribution in [0.4, 0.5) is 4.79 Å². The molecule has 5 amide bonds. The van der Waals surface area contributed by atoms with Gasteiger partial charge >= 0.3 is 12.1 Å². The van der Waals surface area contributed by atoms with Gasteiger partial charge in [0.15, 0.2) is 0 Å². The first-order valence-electron chi connectivity index (χ1n) is 20.2. The summed E-state index contributed by atoms with van der Waals surface area (Å²) in [6.45, 7) is 9.55. The molecule has 4 aromatic carbocycles. The fourth-order valence-electron chi connectivity index (χ4n) is 6.77. The van der Waals surface area contributed by atoms with Crippen LogP contribution in [0, 0.1) is 0 Å². The van der Waals surface area contributed by atoms with Crippen molar-refractivity contribution < 1.29 is 43.0 Å². The van der Waals surface area contributed by atoms with Gasteiger partial charge < -0.3 is 40.8 Å². The van der Waals surface area contributed by atoms with E-state index in [1.165, 1.54) is 0 Å². The van der Waals surface area contributed by atoms with Crippen LogP contribution in [-0.4, -0.2) is 85.2 Å². The van der Waals surface area contributed by atoms with E-state index in [-0.39, 0.29) is 31.9 Å². The minimum absolute atomic E-state index is 0.0334. The summed E-state index contributed by atoms with van der Waals surface area (Å²) in [6, 6.07) is 29.7. The van der Waals surface area contributed by atoms with Gasteiger partial charge in [-0.15, -0.1) is 0 Å². The van der Waals surface area contributed by atoms with E-state index in [1.54, 1.807) is 69.3 Å². The van der Waals surface area contributed by atoms with Crippen molar-refractivity contribution in [3.05, 3.63) is 125 Å². The average Bonchev–Trinajstić information content (AvgIpc) is 3.53. The molecule has 0 saturated heterocycles. The molecule has 2 atom stereocenters. The van der Waals surface area contributed by atoms with Gasteiger partial charge in [-0.25, -0.2) is 4.79 Å². The minimum Gasteiger partial charge on any atom is -0.488 e. The van der Waals surface area contributed by atoms with E-state index in [4.69, 9.17) is 14.2 Å². The Kier molecular flexibility index (Phi) is 15.3. The van der Waals surface area contributed by atoms with Crippen LogP contribution in [0.5, 0.6) is 5.75 Å². The van der Waals surface area contributed by atoms with Crippen LogP contribution in [0.25, 0.3) is 11.1 Å².